The average Bonchev–Trinajstić information content (AvgIpc) is 3.22. The summed E-state index contributed by atoms with van der Waals surface area (Å²) in [5, 5.41) is 24.4. The first-order valence-corrected chi connectivity index (χ1v) is 8.78. The largest absolute Gasteiger partial charge is 0.395 e. The number of amides is 2. The van der Waals surface area contributed by atoms with Crippen LogP contribution in [0.25, 0.3) is 0 Å². The third-order valence-corrected chi connectivity index (χ3v) is 4.68. The number of thiophene rings is 1. The zero-order valence-electron chi connectivity index (χ0n) is 12.9. The highest BCUT2D eigenvalue weighted by molar-refractivity contribution is 7.07. The second-order valence-electron chi connectivity index (χ2n) is 5.58. The molecule has 1 aliphatic rings. The van der Waals surface area contributed by atoms with Gasteiger partial charge in [0, 0.05) is 26.1 Å². The Morgan fingerprint density at radius 3 is 3.13 bits per heavy atom. The number of fused-ring (bicyclic) bond motifs is 1. The Balaban J connectivity index is 1.59. The van der Waals surface area contributed by atoms with Crippen LogP contribution in [0.15, 0.2) is 16.8 Å². The number of urea groups is 1. The number of aliphatic hydroxyl groups excluding tert-OH is 1. The van der Waals surface area contributed by atoms with E-state index in [1.54, 1.807) is 16.2 Å². The lowest BCUT2D eigenvalue weighted by atomic mass is 10.2. The molecule has 2 N–H and O–H groups in total. The molecule has 1 aliphatic heterocycles. The Morgan fingerprint density at radius 2 is 2.35 bits per heavy atom. The Bertz CT molecular complexity index is 640. The standard InChI is InChI=1S/C15H21N5O2S/c21-7-6-19(10-12-4-8-23-11-12)15(22)16-9-14-18-17-13-3-1-2-5-20(13)14/h4,8,11,21H,1-3,5-7,9-10H2,(H,16,22). The summed E-state index contributed by atoms with van der Waals surface area (Å²) in [6, 6.07) is 1.79. The summed E-state index contributed by atoms with van der Waals surface area (Å²) in [6.45, 7) is 2.02. The summed E-state index contributed by atoms with van der Waals surface area (Å²) in [5.41, 5.74) is 1.07. The van der Waals surface area contributed by atoms with Crippen molar-refractivity contribution < 1.29 is 9.90 Å². The maximum absolute atomic E-state index is 12.4. The van der Waals surface area contributed by atoms with Gasteiger partial charge in [-0.05, 0) is 35.2 Å². The highest BCUT2D eigenvalue weighted by Crippen LogP contribution is 2.14. The number of aliphatic hydroxyl groups is 1. The van der Waals surface area contributed by atoms with Gasteiger partial charge in [0.05, 0.1) is 13.2 Å². The van der Waals surface area contributed by atoms with Crippen molar-refractivity contribution in [3.63, 3.8) is 0 Å². The highest BCUT2D eigenvalue weighted by atomic mass is 32.1. The van der Waals surface area contributed by atoms with Gasteiger partial charge in [-0.3, -0.25) is 0 Å². The number of nitrogens with one attached hydrogen (secondary N) is 1. The van der Waals surface area contributed by atoms with Gasteiger partial charge >= 0.3 is 6.03 Å². The minimum atomic E-state index is -0.196. The maximum Gasteiger partial charge on any atom is 0.318 e. The average molecular weight is 335 g/mol. The van der Waals surface area contributed by atoms with Crippen molar-refractivity contribution in [3.05, 3.63) is 34.0 Å². The van der Waals surface area contributed by atoms with E-state index in [2.05, 4.69) is 20.1 Å². The molecule has 0 saturated carbocycles. The molecule has 7 nitrogen and oxygen atoms in total. The molecule has 3 rings (SSSR count). The number of nitrogens with zero attached hydrogens (tertiary/aromatic N) is 4. The van der Waals surface area contributed by atoms with Gasteiger partial charge in [-0.1, -0.05) is 0 Å². The van der Waals surface area contributed by atoms with Gasteiger partial charge in [0.1, 0.15) is 5.82 Å². The quantitative estimate of drug-likeness (QED) is 0.835. The molecule has 0 aliphatic carbocycles. The number of aryl methyl sites for hydroxylation is 1. The molecule has 0 unspecified atom stereocenters. The molecule has 0 saturated heterocycles. The van der Waals surface area contributed by atoms with E-state index in [1.165, 1.54) is 0 Å². The maximum atomic E-state index is 12.4. The molecule has 23 heavy (non-hydrogen) atoms. The fraction of sp³-hybridized carbons (Fsp3) is 0.533. The Kier molecular flexibility index (Phi) is 5.24. The zero-order chi connectivity index (χ0) is 16.1. The topological polar surface area (TPSA) is 83.3 Å². The Labute approximate surface area is 138 Å². The van der Waals surface area contributed by atoms with Crippen molar-refractivity contribution in [1.29, 1.82) is 0 Å². The van der Waals surface area contributed by atoms with Gasteiger partial charge < -0.3 is 19.9 Å². The number of hydrogen-bond acceptors (Lipinski definition) is 5. The lowest BCUT2D eigenvalue weighted by molar-refractivity contribution is 0.173. The predicted molar refractivity (Wildman–Crippen MR) is 87.0 cm³/mol. The van der Waals surface area contributed by atoms with Gasteiger partial charge in [-0.2, -0.15) is 11.3 Å². The molecular weight excluding hydrogens is 314 g/mol. The smallest absolute Gasteiger partial charge is 0.318 e. The summed E-state index contributed by atoms with van der Waals surface area (Å²) < 4.78 is 2.10. The first-order chi connectivity index (χ1) is 11.3. The molecule has 0 aromatic carbocycles. The molecule has 2 aromatic rings. The molecule has 3 heterocycles. The Hall–Kier alpha value is -1.93. The van der Waals surface area contributed by atoms with E-state index in [9.17, 15) is 9.90 Å². The minimum absolute atomic E-state index is 0.0577. The highest BCUT2D eigenvalue weighted by Gasteiger charge is 2.18. The van der Waals surface area contributed by atoms with E-state index >= 15 is 0 Å². The molecule has 0 bridgehead atoms. The van der Waals surface area contributed by atoms with Crippen LogP contribution in [0, 0.1) is 0 Å². The normalized spacial score (nSPS) is 13.6. The van der Waals surface area contributed by atoms with E-state index in [0.29, 0.717) is 19.6 Å². The van der Waals surface area contributed by atoms with Crippen LogP contribution in [0.2, 0.25) is 0 Å². The molecule has 124 valence electrons. The van der Waals surface area contributed by atoms with E-state index in [-0.39, 0.29) is 12.6 Å². The second kappa shape index (κ2) is 7.56. The van der Waals surface area contributed by atoms with Crippen molar-refractivity contribution in [2.45, 2.75) is 38.9 Å². The van der Waals surface area contributed by atoms with Crippen LogP contribution in [-0.2, 0) is 26.1 Å². The number of hydrogen-bond donors (Lipinski definition) is 2. The molecular formula is C15H21N5O2S. The van der Waals surface area contributed by atoms with Crippen LogP contribution in [-0.4, -0.2) is 44.0 Å². The molecule has 0 fully saturated rings. The van der Waals surface area contributed by atoms with E-state index in [0.717, 1.165) is 43.0 Å². The molecule has 0 radical (unpaired) electrons. The van der Waals surface area contributed by atoms with Crippen LogP contribution >= 0.6 is 11.3 Å². The van der Waals surface area contributed by atoms with Crippen molar-refractivity contribution in [2.24, 2.45) is 0 Å². The van der Waals surface area contributed by atoms with E-state index < -0.39 is 0 Å². The fourth-order valence-corrected chi connectivity index (χ4v) is 3.40. The van der Waals surface area contributed by atoms with Gasteiger partial charge in [0.2, 0.25) is 0 Å². The minimum Gasteiger partial charge on any atom is -0.395 e. The van der Waals surface area contributed by atoms with Gasteiger partial charge in [-0.15, -0.1) is 10.2 Å². The van der Waals surface area contributed by atoms with Gasteiger partial charge in [-0.25, -0.2) is 4.79 Å². The van der Waals surface area contributed by atoms with Crippen LogP contribution in [0.4, 0.5) is 4.79 Å². The first kappa shape index (κ1) is 15.9. The molecule has 0 spiro atoms. The van der Waals surface area contributed by atoms with Crippen molar-refractivity contribution in [3.8, 4) is 0 Å². The van der Waals surface area contributed by atoms with Crippen LogP contribution in [0.3, 0.4) is 0 Å². The Morgan fingerprint density at radius 1 is 1.43 bits per heavy atom. The van der Waals surface area contributed by atoms with Crippen molar-refractivity contribution in [1.82, 2.24) is 25.0 Å². The monoisotopic (exact) mass is 335 g/mol. The molecule has 2 amide bonds. The number of rotatable bonds is 6. The van der Waals surface area contributed by atoms with Gasteiger partial charge in [0.25, 0.3) is 0 Å². The van der Waals surface area contributed by atoms with E-state index in [1.807, 2.05) is 16.8 Å². The van der Waals surface area contributed by atoms with Crippen LogP contribution in [0.5, 0.6) is 0 Å². The summed E-state index contributed by atoms with van der Waals surface area (Å²) >= 11 is 1.60. The van der Waals surface area contributed by atoms with Crippen molar-refractivity contribution in [2.75, 3.05) is 13.2 Å². The zero-order valence-corrected chi connectivity index (χ0v) is 13.8. The lowest BCUT2D eigenvalue weighted by Crippen LogP contribution is -2.41. The van der Waals surface area contributed by atoms with Crippen LogP contribution in [0.1, 0.15) is 30.1 Å². The SMILES string of the molecule is O=C(NCc1nnc2n1CCCC2)N(CCO)Cc1ccsc1. The first-order valence-electron chi connectivity index (χ1n) is 7.83. The molecule has 8 heteroatoms. The predicted octanol–water partition coefficient (Wildman–Crippen LogP) is 1.38. The van der Waals surface area contributed by atoms with Gasteiger partial charge in [0.15, 0.2) is 5.82 Å². The summed E-state index contributed by atoms with van der Waals surface area (Å²) in [7, 11) is 0. The lowest BCUT2D eigenvalue weighted by Gasteiger charge is -2.22. The number of carbonyl (C=O) groups is 1. The number of carbonyl (C=O) groups excluding carboxylic acids is 1. The summed E-state index contributed by atoms with van der Waals surface area (Å²) in [4.78, 5) is 14.0. The van der Waals surface area contributed by atoms with E-state index in [4.69, 9.17) is 0 Å². The fourth-order valence-electron chi connectivity index (χ4n) is 2.74. The third-order valence-electron chi connectivity index (χ3n) is 3.94. The summed E-state index contributed by atoms with van der Waals surface area (Å²) in [5.74, 6) is 1.80. The molecule has 2 aromatic heterocycles. The second-order valence-corrected chi connectivity index (χ2v) is 6.36. The third kappa shape index (κ3) is 3.89. The van der Waals surface area contributed by atoms with Crippen LogP contribution < -0.4 is 5.32 Å². The molecule has 0 atom stereocenters. The van der Waals surface area contributed by atoms with Crippen molar-refractivity contribution >= 4 is 17.4 Å². The summed E-state index contributed by atoms with van der Waals surface area (Å²) in [6.07, 6.45) is 3.23. The number of aromatic nitrogens is 3.